The van der Waals surface area contributed by atoms with E-state index in [1.807, 2.05) is 48.5 Å². The molecule has 0 amide bonds. The highest BCUT2D eigenvalue weighted by Crippen LogP contribution is 2.12. The first kappa shape index (κ1) is 18.6. The number of rotatable bonds is 6. The molecule has 120 valence electrons. The van der Waals surface area contributed by atoms with Crippen LogP contribution in [0.5, 0.6) is 11.5 Å². The van der Waals surface area contributed by atoms with Crippen LogP contribution >= 0.6 is 24.4 Å². The van der Waals surface area contributed by atoms with E-state index < -0.39 is 0 Å². The molecule has 1 N–H and O–H groups in total. The Morgan fingerprint density at radius 2 is 1.32 bits per heavy atom. The third kappa shape index (κ3) is 7.04. The summed E-state index contributed by atoms with van der Waals surface area (Å²) in [4.78, 5) is 6.85. The van der Waals surface area contributed by atoms with Crippen LogP contribution in [0.4, 0.5) is 0 Å². The van der Waals surface area contributed by atoms with Crippen molar-refractivity contribution in [1.82, 2.24) is 5.00 Å². The molecule has 0 saturated heterocycles. The molecule has 0 radical (unpaired) electrons. The lowest BCUT2D eigenvalue weighted by molar-refractivity contribution is 0.0817. The van der Waals surface area contributed by atoms with Crippen molar-refractivity contribution < 1.29 is 14.3 Å². The third-order valence-corrected chi connectivity index (χ3v) is 3.27. The van der Waals surface area contributed by atoms with E-state index in [4.69, 9.17) is 26.1 Å². The number of nitrogens with one attached hydrogen (secondary N) is 1. The maximum Gasteiger partial charge on any atom is 0.118 e. The zero-order valence-electron chi connectivity index (χ0n) is 12.6. The van der Waals surface area contributed by atoms with E-state index in [0.717, 1.165) is 22.8 Å². The van der Waals surface area contributed by atoms with Crippen LogP contribution in [0.1, 0.15) is 11.1 Å². The molecule has 0 bridgehead atoms. The lowest BCUT2D eigenvalue weighted by Gasteiger charge is -2.02. The van der Waals surface area contributed by atoms with Crippen molar-refractivity contribution >= 4 is 24.4 Å². The first-order chi connectivity index (χ1) is 10.7. The fourth-order valence-corrected chi connectivity index (χ4v) is 1.83. The second kappa shape index (κ2) is 11.2. The van der Waals surface area contributed by atoms with Crippen LogP contribution in [-0.2, 0) is 17.2 Å². The molecule has 0 aliphatic rings. The molecule has 0 atom stereocenters. The highest BCUT2D eigenvalue weighted by molar-refractivity contribution is 7.79. The summed E-state index contributed by atoms with van der Waals surface area (Å²) < 4.78 is 9.98. The molecule has 0 unspecified atom stereocenters. The molecule has 0 heterocycles. The van der Waals surface area contributed by atoms with E-state index in [0.29, 0.717) is 6.61 Å². The fourth-order valence-electron chi connectivity index (χ4n) is 1.56. The molecule has 0 saturated carbocycles. The van der Waals surface area contributed by atoms with E-state index in [9.17, 15) is 0 Å². The van der Waals surface area contributed by atoms with Crippen LogP contribution in [-0.4, -0.2) is 14.2 Å². The summed E-state index contributed by atoms with van der Waals surface area (Å²) in [6.45, 7) is 0.438. The largest absolute Gasteiger partial charge is 0.497 e. The Balaban J connectivity index is 0.000000224. The van der Waals surface area contributed by atoms with Gasteiger partial charge in [0.2, 0.25) is 0 Å². The lowest BCUT2D eigenvalue weighted by Crippen LogP contribution is -2.00. The number of halogens is 1. The smallest absolute Gasteiger partial charge is 0.118 e. The Morgan fingerprint density at radius 1 is 0.864 bits per heavy atom. The summed E-state index contributed by atoms with van der Waals surface area (Å²) in [6, 6.07) is 15.4. The van der Waals surface area contributed by atoms with Crippen molar-refractivity contribution in [3.05, 3.63) is 59.7 Å². The third-order valence-electron chi connectivity index (χ3n) is 2.79. The number of thiol groups is 1. The summed E-state index contributed by atoms with van der Waals surface area (Å²) in [5.74, 6) is 2.51. The molecule has 2 aromatic rings. The Bertz CT molecular complexity index is 497. The van der Waals surface area contributed by atoms with Gasteiger partial charge in [-0.05, 0) is 35.4 Å². The summed E-state index contributed by atoms with van der Waals surface area (Å²) >= 11 is 9.25. The summed E-state index contributed by atoms with van der Waals surface area (Å²) in [6.07, 6.45) is 0. The normalized spacial score (nSPS) is 9.64. The molecule has 0 aliphatic carbocycles. The van der Waals surface area contributed by atoms with Gasteiger partial charge in [-0.2, -0.15) is 12.6 Å². The van der Waals surface area contributed by atoms with Gasteiger partial charge in [-0.15, -0.1) is 5.00 Å². The molecule has 2 rings (SSSR count). The number of ether oxygens (including phenoxy) is 2. The number of benzene rings is 2. The molecule has 4 nitrogen and oxygen atoms in total. The Morgan fingerprint density at radius 3 is 1.68 bits per heavy atom. The van der Waals surface area contributed by atoms with E-state index in [1.54, 1.807) is 14.2 Å². The maximum absolute atomic E-state index is 5.11. The van der Waals surface area contributed by atoms with Gasteiger partial charge in [0.15, 0.2) is 0 Å². The SMILES string of the molecule is COc1ccc(CONCl)cc1.COc1ccc(CS)cc1. The maximum atomic E-state index is 5.11. The zero-order valence-corrected chi connectivity index (χ0v) is 14.2. The van der Waals surface area contributed by atoms with Gasteiger partial charge in [0.25, 0.3) is 0 Å². The monoisotopic (exact) mass is 341 g/mol. The molecule has 0 aromatic heterocycles. The molecule has 6 heteroatoms. The van der Waals surface area contributed by atoms with Crippen molar-refractivity contribution in [2.75, 3.05) is 14.2 Å². The molecule has 0 spiro atoms. The minimum absolute atomic E-state index is 0.438. The highest BCUT2D eigenvalue weighted by atomic mass is 35.5. The first-order valence-electron chi connectivity index (χ1n) is 6.57. The molecule has 0 fully saturated rings. The van der Waals surface area contributed by atoms with Crippen LogP contribution < -0.4 is 14.5 Å². The van der Waals surface area contributed by atoms with Crippen molar-refractivity contribution in [3.63, 3.8) is 0 Å². The topological polar surface area (TPSA) is 39.7 Å². The van der Waals surface area contributed by atoms with Crippen LogP contribution in [0, 0.1) is 0 Å². The van der Waals surface area contributed by atoms with Gasteiger partial charge in [-0.1, -0.05) is 24.3 Å². The van der Waals surface area contributed by atoms with E-state index in [1.165, 1.54) is 5.56 Å². The van der Waals surface area contributed by atoms with Crippen molar-refractivity contribution in [2.24, 2.45) is 0 Å². The average molecular weight is 342 g/mol. The average Bonchev–Trinajstić information content (AvgIpc) is 2.61. The second-order valence-corrected chi connectivity index (χ2v) is 4.69. The van der Waals surface area contributed by atoms with Gasteiger partial charge < -0.3 is 9.47 Å². The van der Waals surface area contributed by atoms with E-state index in [2.05, 4.69) is 17.6 Å². The minimum Gasteiger partial charge on any atom is -0.497 e. The molecule has 22 heavy (non-hydrogen) atoms. The van der Waals surface area contributed by atoms with Crippen molar-refractivity contribution in [3.8, 4) is 11.5 Å². The van der Waals surface area contributed by atoms with Crippen molar-refractivity contribution in [2.45, 2.75) is 12.4 Å². The Labute approximate surface area is 141 Å². The van der Waals surface area contributed by atoms with Gasteiger partial charge in [-0.3, -0.25) is 4.84 Å². The van der Waals surface area contributed by atoms with Crippen LogP contribution in [0.25, 0.3) is 0 Å². The number of methoxy groups -OCH3 is 2. The zero-order chi connectivity index (χ0) is 16.2. The van der Waals surface area contributed by atoms with Gasteiger partial charge in [0.1, 0.15) is 11.5 Å². The number of hydrogen-bond acceptors (Lipinski definition) is 5. The van der Waals surface area contributed by atoms with Crippen molar-refractivity contribution in [1.29, 1.82) is 0 Å². The molecular weight excluding hydrogens is 322 g/mol. The lowest BCUT2D eigenvalue weighted by atomic mass is 10.2. The molecular formula is C16H20ClNO3S. The summed E-state index contributed by atoms with van der Waals surface area (Å²) in [5, 5.41) is 0. The first-order valence-corrected chi connectivity index (χ1v) is 7.58. The standard InChI is InChI=1S/C8H10ClNO2.C8H10OS/c1-11-8-4-2-7(3-5-8)6-12-10-9;1-9-8-4-2-7(6-10)3-5-8/h2-5,10H,6H2,1H3;2-5,10H,6H2,1H3. The fraction of sp³-hybridized carbons (Fsp3) is 0.250. The summed E-state index contributed by atoms with van der Waals surface area (Å²) in [5.41, 5.74) is 2.24. The van der Waals surface area contributed by atoms with Gasteiger partial charge >= 0.3 is 0 Å². The highest BCUT2D eigenvalue weighted by Gasteiger charge is 1.93. The van der Waals surface area contributed by atoms with Gasteiger partial charge in [-0.25, -0.2) is 0 Å². The number of hydrogen-bond donors (Lipinski definition) is 2. The van der Waals surface area contributed by atoms with Gasteiger partial charge in [0, 0.05) is 17.5 Å². The quantitative estimate of drug-likeness (QED) is 0.473. The predicted molar refractivity (Wildman–Crippen MR) is 92.5 cm³/mol. The second-order valence-electron chi connectivity index (χ2n) is 4.22. The predicted octanol–water partition coefficient (Wildman–Crippen LogP) is 4.00. The minimum atomic E-state index is 0.438. The van der Waals surface area contributed by atoms with E-state index in [-0.39, 0.29) is 0 Å². The Hall–Kier alpha value is -1.40. The van der Waals surface area contributed by atoms with Crippen LogP contribution in [0.15, 0.2) is 48.5 Å². The van der Waals surface area contributed by atoms with E-state index >= 15 is 0 Å². The summed E-state index contributed by atoms with van der Waals surface area (Å²) in [7, 11) is 3.29. The molecule has 0 aliphatic heterocycles. The van der Waals surface area contributed by atoms with Crippen LogP contribution in [0.2, 0.25) is 0 Å². The Kier molecular flexibility index (Phi) is 9.50. The van der Waals surface area contributed by atoms with Crippen LogP contribution in [0.3, 0.4) is 0 Å². The molecule has 2 aromatic carbocycles. The van der Waals surface area contributed by atoms with Gasteiger partial charge in [0.05, 0.1) is 20.8 Å².